The van der Waals surface area contributed by atoms with Gasteiger partial charge in [-0.05, 0) is 73.0 Å². The number of aromatic nitrogens is 3. The van der Waals surface area contributed by atoms with Gasteiger partial charge in [0.2, 0.25) is 0 Å². The lowest BCUT2D eigenvalue weighted by atomic mass is 9.93. The molecule has 0 aliphatic carbocycles. The minimum atomic E-state index is -0.474. The second kappa shape index (κ2) is 13.9. The molecule has 11 heteroatoms. The second-order valence-corrected chi connectivity index (χ2v) is 13.1. The lowest BCUT2D eigenvalue weighted by molar-refractivity contribution is 0.0382. The van der Waals surface area contributed by atoms with Gasteiger partial charge in [-0.2, -0.15) is 5.10 Å². The number of hydrogen-bond donors (Lipinski definition) is 1. The number of morpholine rings is 1. The normalized spacial score (nSPS) is 16.3. The molecule has 2 aromatic heterocycles. The van der Waals surface area contributed by atoms with Crippen molar-refractivity contribution in [3.63, 3.8) is 0 Å². The molecule has 2 amide bonds. The Labute approximate surface area is 290 Å². The van der Waals surface area contributed by atoms with Gasteiger partial charge < -0.3 is 19.3 Å². The molecule has 5 aromatic rings. The summed E-state index contributed by atoms with van der Waals surface area (Å²) in [6, 6.07) is 20.6. The minimum Gasteiger partial charge on any atom is -0.508 e. The highest BCUT2D eigenvalue weighted by molar-refractivity contribution is 6.12. The summed E-state index contributed by atoms with van der Waals surface area (Å²) in [5, 5.41) is 14.3. The molecule has 1 N–H and O–H groups in total. The molecule has 4 heterocycles. The number of carbonyl (C=O) groups is 2. The second-order valence-electron chi connectivity index (χ2n) is 13.1. The van der Waals surface area contributed by atoms with Gasteiger partial charge >= 0.3 is 0 Å². The Hall–Kier alpha value is -5.26. The molecule has 3 aromatic carbocycles. The molecule has 258 valence electrons. The van der Waals surface area contributed by atoms with Gasteiger partial charge in [0.05, 0.1) is 30.7 Å². The summed E-state index contributed by atoms with van der Waals surface area (Å²) in [5.41, 5.74) is 5.97. The van der Waals surface area contributed by atoms with Crippen molar-refractivity contribution in [2.24, 2.45) is 14.1 Å². The van der Waals surface area contributed by atoms with E-state index in [0.29, 0.717) is 66.5 Å². The van der Waals surface area contributed by atoms with E-state index in [4.69, 9.17) is 4.74 Å². The number of anilines is 2. The van der Waals surface area contributed by atoms with Gasteiger partial charge in [0.25, 0.3) is 11.8 Å². The van der Waals surface area contributed by atoms with Crippen LogP contribution in [0.25, 0.3) is 11.3 Å². The number of hydrogen-bond acceptors (Lipinski definition) is 6. The Morgan fingerprint density at radius 2 is 1.70 bits per heavy atom. The molecular formula is C39H41FN6O4. The quantitative estimate of drug-likeness (QED) is 0.226. The number of fused-ring (bicyclic) bond motifs is 1. The molecule has 2 aliphatic rings. The van der Waals surface area contributed by atoms with Crippen LogP contribution in [0, 0.1) is 5.82 Å². The number of phenolic OH excluding ortho intramolecular Hbond substituents is 1. The summed E-state index contributed by atoms with van der Waals surface area (Å²) in [5.74, 6) is -0.894. The maximum absolute atomic E-state index is 15.1. The average Bonchev–Trinajstić information content (AvgIpc) is 3.70. The van der Waals surface area contributed by atoms with Crippen LogP contribution >= 0.6 is 0 Å². The van der Waals surface area contributed by atoms with Crippen LogP contribution in [0.2, 0.25) is 0 Å². The zero-order valence-electron chi connectivity index (χ0n) is 28.6. The Morgan fingerprint density at radius 3 is 2.42 bits per heavy atom. The van der Waals surface area contributed by atoms with Crippen molar-refractivity contribution in [1.82, 2.24) is 24.1 Å². The Bertz CT molecular complexity index is 2030. The number of benzene rings is 3. The number of phenols is 1. The van der Waals surface area contributed by atoms with Gasteiger partial charge in [-0.15, -0.1) is 0 Å². The van der Waals surface area contributed by atoms with Gasteiger partial charge in [-0.1, -0.05) is 24.3 Å². The Kier molecular flexibility index (Phi) is 9.26. The van der Waals surface area contributed by atoms with E-state index in [1.54, 1.807) is 53.3 Å². The third kappa shape index (κ3) is 6.54. The first-order valence-electron chi connectivity index (χ1n) is 17.0. The van der Waals surface area contributed by atoms with Crippen LogP contribution in [0.3, 0.4) is 0 Å². The molecule has 0 radical (unpaired) electrons. The summed E-state index contributed by atoms with van der Waals surface area (Å²) in [7, 11) is 3.65. The highest BCUT2D eigenvalue weighted by Crippen LogP contribution is 2.35. The molecular weight excluding hydrogens is 635 g/mol. The largest absolute Gasteiger partial charge is 0.508 e. The number of halogens is 1. The monoisotopic (exact) mass is 676 g/mol. The molecule has 7 rings (SSSR count). The van der Waals surface area contributed by atoms with E-state index in [-0.39, 0.29) is 23.6 Å². The fraction of sp³-hybridized carbons (Fsp3) is 0.308. The highest BCUT2D eigenvalue weighted by atomic mass is 19.1. The zero-order chi connectivity index (χ0) is 34.9. The third-order valence-corrected chi connectivity index (χ3v) is 9.87. The van der Waals surface area contributed by atoms with Crippen LogP contribution in [0.1, 0.15) is 44.5 Å². The van der Waals surface area contributed by atoms with Crippen LogP contribution < -0.4 is 4.90 Å². The summed E-state index contributed by atoms with van der Waals surface area (Å²) >= 11 is 0. The van der Waals surface area contributed by atoms with E-state index in [0.717, 1.165) is 30.8 Å². The van der Waals surface area contributed by atoms with Crippen molar-refractivity contribution in [3.05, 3.63) is 119 Å². The van der Waals surface area contributed by atoms with Crippen LogP contribution in [0.4, 0.5) is 15.8 Å². The predicted molar refractivity (Wildman–Crippen MR) is 189 cm³/mol. The number of rotatable bonds is 8. The molecule has 1 saturated heterocycles. The molecule has 0 unspecified atom stereocenters. The lowest BCUT2D eigenvalue weighted by Gasteiger charge is -2.35. The van der Waals surface area contributed by atoms with E-state index in [2.05, 4.69) is 16.1 Å². The summed E-state index contributed by atoms with van der Waals surface area (Å²) in [4.78, 5) is 34.9. The topological polar surface area (TPSA) is 96.1 Å². The minimum absolute atomic E-state index is 0.0525. The van der Waals surface area contributed by atoms with Gasteiger partial charge in [0, 0.05) is 87.1 Å². The molecule has 0 bridgehead atoms. The summed E-state index contributed by atoms with van der Waals surface area (Å²) in [6.45, 7) is 6.05. The van der Waals surface area contributed by atoms with Crippen molar-refractivity contribution >= 4 is 23.2 Å². The van der Waals surface area contributed by atoms with Crippen molar-refractivity contribution < 1.29 is 23.8 Å². The first kappa shape index (κ1) is 33.2. The van der Waals surface area contributed by atoms with Gasteiger partial charge in [-0.25, -0.2) is 4.39 Å². The molecule has 10 nitrogen and oxygen atoms in total. The predicted octanol–water partition coefficient (Wildman–Crippen LogP) is 5.71. The third-order valence-electron chi connectivity index (χ3n) is 9.87. The van der Waals surface area contributed by atoms with Crippen LogP contribution in [-0.2, 0) is 38.2 Å². The lowest BCUT2D eigenvalue weighted by Crippen LogP contribution is -2.42. The smallest absolute Gasteiger partial charge is 0.264 e. The van der Waals surface area contributed by atoms with E-state index in [1.165, 1.54) is 29.8 Å². The van der Waals surface area contributed by atoms with E-state index in [1.807, 2.05) is 41.6 Å². The van der Waals surface area contributed by atoms with Crippen molar-refractivity contribution in [3.8, 4) is 17.0 Å². The van der Waals surface area contributed by atoms with Crippen LogP contribution in [0.15, 0.2) is 85.2 Å². The average molecular weight is 677 g/mol. The number of aromatic hydroxyl groups is 1. The number of carbonyl (C=O) groups excluding carboxylic acids is 2. The van der Waals surface area contributed by atoms with Gasteiger partial charge in [0.15, 0.2) is 0 Å². The molecule has 1 fully saturated rings. The Balaban J connectivity index is 1.33. The molecule has 2 aliphatic heterocycles. The van der Waals surface area contributed by atoms with Gasteiger partial charge in [-0.3, -0.25) is 24.1 Å². The maximum atomic E-state index is 15.1. The van der Waals surface area contributed by atoms with Crippen molar-refractivity contribution in [2.45, 2.75) is 32.4 Å². The fourth-order valence-corrected chi connectivity index (χ4v) is 7.13. The van der Waals surface area contributed by atoms with Crippen molar-refractivity contribution in [1.29, 1.82) is 0 Å². The van der Waals surface area contributed by atoms with Crippen LogP contribution in [0.5, 0.6) is 5.75 Å². The van der Waals surface area contributed by atoms with Gasteiger partial charge in [0.1, 0.15) is 11.6 Å². The molecule has 0 saturated carbocycles. The number of aryl methyl sites for hydroxylation is 1. The molecule has 1 atom stereocenters. The first-order valence-corrected chi connectivity index (χ1v) is 17.0. The fourth-order valence-electron chi connectivity index (χ4n) is 7.13. The maximum Gasteiger partial charge on any atom is 0.264 e. The van der Waals surface area contributed by atoms with E-state index in [9.17, 15) is 14.7 Å². The standard InChI is InChI=1S/C39H41FN6O4/c1-26-20-27-6-4-5-7-28(27)24-45(26)38(48)33-13-8-29(40)21-34(33)37-22-35(36(43(37)3)14-15-44-16-18-50-19-17-44)39(49)46(31-23-41-42(2)25-31)30-9-11-32(47)12-10-30/h4-13,21-23,25-26,47H,14-20,24H2,1-3H3/t26-/m1/s1. The summed E-state index contributed by atoms with van der Waals surface area (Å²) < 4.78 is 24.3. The number of amides is 2. The highest BCUT2D eigenvalue weighted by Gasteiger charge is 2.32. The Morgan fingerprint density at radius 1 is 0.960 bits per heavy atom. The van der Waals surface area contributed by atoms with E-state index < -0.39 is 5.82 Å². The number of ether oxygens (including phenoxy) is 1. The van der Waals surface area contributed by atoms with E-state index >= 15 is 4.39 Å². The first-order chi connectivity index (χ1) is 24.2. The van der Waals surface area contributed by atoms with Crippen LogP contribution in [-0.4, -0.2) is 80.0 Å². The van der Waals surface area contributed by atoms with Crippen molar-refractivity contribution in [2.75, 3.05) is 37.7 Å². The molecule has 50 heavy (non-hydrogen) atoms. The number of nitrogens with zero attached hydrogens (tertiary/aromatic N) is 6. The SMILES string of the molecule is C[C@@H]1Cc2ccccc2CN1C(=O)c1ccc(F)cc1-c1cc(C(=O)N(c2ccc(O)cc2)c2cnn(C)c2)c(CCN2CCOCC2)n1C. The summed E-state index contributed by atoms with van der Waals surface area (Å²) in [6.07, 6.45) is 4.63. The zero-order valence-corrected chi connectivity index (χ0v) is 28.6. The molecule has 0 spiro atoms.